The van der Waals surface area contributed by atoms with Crippen LogP contribution < -0.4 is 5.73 Å². The molecule has 2 N–H and O–H groups in total. The minimum Gasteiger partial charge on any atom is -0.324 e. The van der Waals surface area contributed by atoms with Crippen molar-refractivity contribution in [3.05, 3.63) is 0 Å². The standard InChI is InChI=1S/C7H14N2/c1-9-5-7(8)3-2-6(9)4-7/h6H,2-5,8H2,1H3/t6-,7-/m1/s1. The van der Waals surface area contributed by atoms with Gasteiger partial charge in [0.25, 0.3) is 0 Å². The summed E-state index contributed by atoms with van der Waals surface area (Å²) in [6.07, 6.45) is 3.82. The van der Waals surface area contributed by atoms with Crippen LogP contribution >= 0.6 is 0 Å². The number of piperidine rings is 1. The Morgan fingerprint density at radius 2 is 2.44 bits per heavy atom. The summed E-state index contributed by atoms with van der Waals surface area (Å²) >= 11 is 0. The van der Waals surface area contributed by atoms with Gasteiger partial charge in [-0.15, -0.1) is 0 Å². The zero-order chi connectivity index (χ0) is 6.48. The average Bonchev–Trinajstić information content (AvgIpc) is 2.20. The summed E-state index contributed by atoms with van der Waals surface area (Å²) in [5.41, 5.74) is 6.26. The molecule has 0 aromatic heterocycles. The highest BCUT2D eigenvalue weighted by Crippen LogP contribution is 2.37. The van der Waals surface area contributed by atoms with Gasteiger partial charge in [-0.2, -0.15) is 0 Å². The highest BCUT2D eigenvalue weighted by molar-refractivity contribution is 5.05. The van der Waals surface area contributed by atoms with E-state index in [1.807, 2.05) is 0 Å². The van der Waals surface area contributed by atoms with Crippen molar-refractivity contribution >= 4 is 0 Å². The number of nitrogens with two attached hydrogens (primary N) is 1. The molecule has 0 aromatic carbocycles. The second kappa shape index (κ2) is 1.50. The maximum Gasteiger partial charge on any atom is 0.0298 e. The molecule has 1 heterocycles. The molecule has 1 aliphatic carbocycles. The second-order valence-corrected chi connectivity index (χ2v) is 3.67. The highest BCUT2D eigenvalue weighted by atomic mass is 15.2. The number of hydrogen-bond acceptors (Lipinski definition) is 2. The smallest absolute Gasteiger partial charge is 0.0298 e. The molecule has 1 saturated carbocycles. The summed E-state index contributed by atoms with van der Waals surface area (Å²) in [5.74, 6) is 0. The van der Waals surface area contributed by atoms with Crippen molar-refractivity contribution in [3.8, 4) is 0 Å². The van der Waals surface area contributed by atoms with Crippen molar-refractivity contribution in [2.24, 2.45) is 5.73 Å². The van der Waals surface area contributed by atoms with Gasteiger partial charge in [0.05, 0.1) is 0 Å². The third-order valence-electron chi connectivity index (χ3n) is 2.81. The average molecular weight is 126 g/mol. The van der Waals surface area contributed by atoms with E-state index in [2.05, 4.69) is 11.9 Å². The van der Waals surface area contributed by atoms with E-state index in [4.69, 9.17) is 5.73 Å². The first kappa shape index (κ1) is 5.69. The van der Waals surface area contributed by atoms with Crippen LogP contribution in [0.25, 0.3) is 0 Å². The Morgan fingerprint density at radius 1 is 1.67 bits per heavy atom. The normalized spacial score (nSPS) is 50.7. The maximum atomic E-state index is 6.05. The van der Waals surface area contributed by atoms with E-state index in [9.17, 15) is 0 Å². The maximum absolute atomic E-state index is 6.05. The SMILES string of the molecule is CN1C[C@@]2(N)CC[C@@H]1C2. The van der Waals surface area contributed by atoms with Gasteiger partial charge >= 0.3 is 0 Å². The molecule has 1 saturated heterocycles. The predicted molar refractivity (Wildman–Crippen MR) is 37.2 cm³/mol. The van der Waals surface area contributed by atoms with E-state index in [1.165, 1.54) is 19.3 Å². The fourth-order valence-corrected chi connectivity index (χ4v) is 2.27. The molecule has 0 spiro atoms. The second-order valence-electron chi connectivity index (χ2n) is 3.67. The molecule has 1 aliphatic heterocycles. The van der Waals surface area contributed by atoms with E-state index < -0.39 is 0 Å². The molecule has 2 fully saturated rings. The lowest BCUT2D eigenvalue weighted by molar-refractivity contribution is 0.247. The van der Waals surface area contributed by atoms with Gasteiger partial charge in [-0.1, -0.05) is 0 Å². The summed E-state index contributed by atoms with van der Waals surface area (Å²) in [6.45, 7) is 1.12. The largest absolute Gasteiger partial charge is 0.324 e. The third kappa shape index (κ3) is 0.700. The zero-order valence-electron chi connectivity index (χ0n) is 5.93. The molecular formula is C7H14N2. The van der Waals surface area contributed by atoms with Crippen molar-refractivity contribution in [3.63, 3.8) is 0 Å². The van der Waals surface area contributed by atoms with Gasteiger partial charge in [0.15, 0.2) is 0 Å². The minimum absolute atomic E-state index is 0.208. The van der Waals surface area contributed by atoms with E-state index in [1.54, 1.807) is 0 Å². The third-order valence-corrected chi connectivity index (χ3v) is 2.81. The van der Waals surface area contributed by atoms with E-state index in [0.29, 0.717) is 0 Å². The van der Waals surface area contributed by atoms with Crippen LogP contribution in [0.2, 0.25) is 0 Å². The fourth-order valence-electron chi connectivity index (χ4n) is 2.27. The van der Waals surface area contributed by atoms with Gasteiger partial charge in [0.2, 0.25) is 0 Å². The van der Waals surface area contributed by atoms with Gasteiger partial charge in [0.1, 0.15) is 0 Å². The van der Waals surface area contributed by atoms with Crippen LogP contribution in [0.3, 0.4) is 0 Å². The number of likely N-dealkylation sites (N-methyl/N-ethyl adjacent to an activating group) is 1. The van der Waals surface area contributed by atoms with Crippen molar-refractivity contribution in [1.82, 2.24) is 4.90 Å². The van der Waals surface area contributed by atoms with Gasteiger partial charge in [0, 0.05) is 18.1 Å². The van der Waals surface area contributed by atoms with Crippen molar-refractivity contribution < 1.29 is 0 Å². The lowest BCUT2D eigenvalue weighted by Gasteiger charge is -2.26. The van der Waals surface area contributed by atoms with Gasteiger partial charge < -0.3 is 10.6 Å². The molecule has 2 atom stereocenters. The molecule has 0 radical (unpaired) electrons. The molecule has 0 amide bonds. The lowest BCUT2D eigenvalue weighted by atomic mass is 10.0. The van der Waals surface area contributed by atoms with Crippen LogP contribution in [0.1, 0.15) is 19.3 Å². The Bertz CT molecular complexity index is 131. The first-order valence-electron chi connectivity index (χ1n) is 3.69. The molecule has 2 rings (SSSR count). The van der Waals surface area contributed by atoms with Crippen molar-refractivity contribution in [2.45, 2.75) is 30.8 Å². The molecule has 2 aliphatic rings. The van der Waals surface area contributed by atoms with Gasteiger partial charge in [-0.05, 0) is 26.3 Å². The number of nitrogens with zero attached hydrogens (tertiary/aromatic N) is 1. The Hall–Kier alpha value is -0.0800. The van der Waals surface area contributed by atoms with Crippen LogP contribution in [-0.4, -0.2) is 30.1 Å². The molecule has 2 nitrogen and oxygen atoms in total. The first-order chi connectivity index (χ1) is 4.20. The number of fused-ring (bicyclic) bond motifs is 2. The first-order valence-corrected chi connectivity index (χ1v) is 3.69. The number of hydrogen-bond donors (Lipinski definition) is 1. The molecule has 2 heteroatoms. The van der Waals surface area contributed by atoms with Gasteiger partial charge in [-0.3, -0.25) is 0 Å². The highest BCUT2D eigenvalue weighted by Gasteiger charge is 2.44. The Morgan fingerprint density at radius 3 is 2.67 bits per heavy atom. The topological polar surface area (TPSA) is 29.3 Å². The van der Waals surface area contributed by atoms with Crippen LogP contribution in [0.4, 0.5) is 0 Å². The molecular weight excluding hydrogens is 112 g/mol. The zero-order valence-corrected chi connectivity index (χ0v) is 5.93. The summed E-state index contributed by atoms with van der Waals surface area (Å²) in [7, 11) is 2.18. The van der Waals surface area contributed by atoms with Crippen LogP contribution in [0, 0.1) is 0 Å². The number of rotatable bonds is 0. The fraction of sp³-hybridized carbons (Fsp3) is 1.00. The van der Waals surface area contributed by atoms with E-state index in [0.717, 1.165) is 12.6 Å². The monoisotopic (exact) mass is 126 g/mol. The number of likely N-dealkylation sites (tertiary alicyclic amines) is 1. The molecule has 9 heavy (non-hydrogen) atoms. The Kier molecular flexibility index (Phi) is 0.945. The Labute approximate surface area is 56.0 Å². The van der Waals surface area contributed by atoms with Gasteiger partial charge in [-0.25, -0.2) is 0 Å². The quantitative estimate of drug-likeness (QED) is 0.502. The van der Waals surface area contributed by atoms with Crippen molar-refractivity contribution in [1.29, 1.82) is 0 Å². The minimum atomic E-state index is 0.208. The van der Waals surface area contributed by atoms with Crippen molar-refractivity contribution in [2.75, 3.05) is 13.6 Å². The van der Waals surface area contributed by atoms with E-state index in [-0.39, 0.29) is 5.54 Å². The van der Waals surface area contributed by atoms with E-state index >= 15 is 0 Å². The van der Waals surface area contributed by atoms with Crippen LogP contribution in [0.5, 0.6) is 0 Å². The summed E-state index contributed by atoms with van der Waals surface area (Å²) in [5, 5.41) is 0. The molecule has 0 aromatic rings. The predicted octanol–water partition coefficient (Wildman–Crippen LogP) is 0.182. The molecule has 2 bridgehead atoms. The lowest BCUT2D eigenvalue weighted by Crippen LogP contribution is -2.43. The summed E-state index contributed by atoms with van der Waals surface area (Å²) in [4.78, 5) is 2.39. The van der Waals surface area contributed by atoms with Crippen LogP contribution in [-0.2, 0) is 0 Å². The molecule has 52 valence electrons. The summed E-state index contributed by atoms with van der Waals surface area (Å²) < 4.78 is 0. The Balaban J connectivity index is 2.19. The molecule has 0 unspecified atom stereocenters. The van der Waals surface area contributed by atoms with Crippen LogP contribution in [0.15, 0.2) is 0 Å². The summed E-state index contributed by atoms with van der Waals surface area (Å²) in [6, 6.07) is 0.815.